The number of halogens is 2. The largest absolute Gasteiger partial charge is 0.265 e. The molecule has 0 amide bonds. The van der Waals surface area contributed by atoms with Crippen LogP contribution in [0.25, 0.3) is 0 Å². The molecule has 0 aliphatic heterocycles. The van der Waals surface area contributed by atoms with E-state index in [0.717, 1.165) is 34.5 Å². The number of hydrogen-bond donors (Lipinski definition) is 0. The maximum absolute atomic E-state index is 13.4. The zero-order valence-electron chi connectivity index (χ0n) is 12.4. The standard InChI is InChI=1S/C16H20ClFN2/c1-5-15(17)16-11(3)19-20(12(16)4)9-13-8-14(18)7-6-10(13)2/h6-8,15H,5,9H2,1-4H3. The average molecular weight is 295 g/mol. The molecule has 2 rings (SSSR count). The smallest absolute Gasteiger partial charge is 0.123 e. The number of aromatic nitrogens is 2. The fourth-order valence-electron chi connectivity index (χ4n) is 2.49. The summed E-state index contributed by atoms with van der Waals surface area (Å²) in [5.74, 6) is -0.212. The lowest BCUT2D eigenvalue weighted by Crippen LogP contribution is -2.06. The Hall–Kier alpha value is -1.35. The van der Waals surface area contributed by atoms with E-state index in [4.69, 9.17) is 11.6 Å². The van der Waals surface area contributed by atoms with Crippen LogP contribution in [-0.2, 0) is 6.54 Å². The van der Waals surface area contributed by atoms with Crippen LogP contribution in [0.4, 0.5) is 4.39 Å². The van der Waals surface area contributed by atoms with Gasteiger partial charge in [-0.3, -0.25) is 4.68 Å². The minimum absolute atomic E-state index is 0.0163. The summed E-state index contributed by atoms with van der Waals surface area (Å²) in [4.78, 5) is 0. The molecule has 0 saturated heterocycles. The highest BCUT2D eigenvalue weighted by atomic mass is 35.5. The topological polar surface area (TPSA) is 17.8 Å². The molecule has 1 unspecified atom stereocenters. The van der Waals surface area contributed by atoms with Crippen LogP contribution in [0, 0.1) is 26.6 Å². The second-order valence-corrected chi connectivity index (χ2v) is 5.72. The highest BCUT2D eigenvalue weighted by molar-refractivity contribution is 6.20. The normalized spacial score (nSPS) is 12.7. The lowest BCUT2D eigenvalue weighted by atomic mass is 10.1. The monoisotopic (exact) mass is 294 g/mol. The highest BCUT2D eigenvalue weighted by Crippen LogP contribution is 2.29. The van der Waals surface area contributed by atoms with Crippen molar-refractivity contribution >= 4 is 11.6 Å². The molecule has 1 atom stereocenters. The summed E-state index contributed by atoms with van der Waals surface area (Å²) in [6.45, 7) is 8.61. The molecule has 2 aromatic rings. The van der Waals surface area contributed by atoms with Gasteiger partial charge in [-0.15, -0.1) is 11.6 Å². The Morgan fingerprint density at radius 3 is 2.65 bits per heavy atom. The number of benzene rings is 1. The van der Waals surface area contributed by atoms with Crippen LogP contribution in [0.2, 0.25) is 0 Å². The molecule has 2 nitrogen and oxygen atoms in total. The SMILES string of the molecule is CCC(Cl)c1c(C)nn(Cc2cc(F)ccc2C)c1C. The molecule has 0 bridgehead atoms. The lowest BCUT2D eigenvalue weighted by Gasteiger charge is -2.10. The van der Waals surface area contributed by atoms with Crippen LogP contribution in [0.3, 0.4) is 0 Å². The molecule has 108 valence electrons. The summed E-state index contributed by atoms with van der Waals surface area (Å²) >= 11 is 6.36. The Labute approximate surface area is 124 Å². The van der Waals surface area contributed by atoms with Gasteiger partial charge in [0.05, 0.1) is 17.6 Å². The van der Waals surface area contributed by atoms with Gasteiger partial charge in [-0.2, -0.15) is 5.10 Å². The second-order valence-electron chi connectivity index (χ2n) is 5.19. The highest BCUT2D eigenvalue weighted by Gasteiger charge is 2.18. The van der Waals surface area contributed by atoms with Crippen LogP contribution in [-0.4, -0.2) is 9.78 Å². The van der Waals surface area contributed by atoms with Gasteiger partial charge in [-0.1, -0.05) is 13.0 Å². The number of nitrogens with zero attached hydrogens (tertiary/aromatic N) is 2. The fraction of sp³-hybridized carbons (Fsp3) is 0.438. The van der Waals surface area contributed by atoms with Crippen LogP contribution < -0.4 is 0 Å². The van der Waals surface area contributed by atoms with Crippen molar-refractivity contribution in [2.75, 3.05) is 0 Å². The molecule has 0 N–H and O–H groups in total. The number of alkyl halides is 1. The van der Waals surface area contributed by atoms with E-state index in [1.54, 1.807) is 12.1 Å². The van der Waals surface area contributed by atoms with E-state index >= 15 is 0 Å². The van der Waals surface area contributed by atoms with Gasteiger partial charge in [0.2, 0.25) is 0 Å². The molecular weight excluding hydrogens is 275 g/mol. The van der Waals surface area contributed by atoms with Crippen molar-refractivity contribution in [3.8, 4) is 0 Å². The summed E-state index contributed by atoms with van der Waals surface area (Å²) in [5, 5.41) is 4.54. The zero-order chi connectivity index (χ0) is 14.9. The van der Waals surface area contributed by atoms with Gasteiger partial charge in [0, 0.05) is 11.3 Å². The van der Waals surface area contributed by atoms with Crippen molar-refractivity contribution in [1.29, 1.82) is 0 Å². The molecule has 0 saturated carbocycles. The first-order chi connectivity index (χ1) is 9.43. The quantitative estimate of drug-likeness (QED) is 0.748. The summed E-state index contributed by atoms with van der Waals surface area (Å²) in [7, 11) is 0. The van der Waals surface area contributed by atoms with Crippen LogP contribution in [0.1, 0.15) is 46.8 Å². The molecule has 1 heterocycles. The third-order valence-corrected chi connectivity index (χ3v) is 4.27. The summed E-state index contributed by atoms with van der Waals surface area (Å²) in [5.41, 5.74) is 5.14. The number of hydrogen-bond acceptors (Lipinski definition) is 1. The first-order valence-corrected chi connectivity index (χ1v) is 7.30. The van der Waals surface area contributed by atoms with Crippen molar-refractivity contribution in [2.24, 2.45) is 0 Å². The summed E-state index contributed by atoms with van der Waals surface area (Å²) in [6, 6.07) is 4.86. The Kier molecular flexibility index (Phi) is 4.48. The molecular formula is C16H20ClFN2. The van der Waals surface area contributed by atoms with E-state index < -0.39 is 0 Å². The predicted octanol–water partition coefficient (Wildman–Crippen LogP) is 4.69. The summed E-state index contributed by atoms with van der Waals surface area (Å²) in [6.07, 6.45) is 0.869. The average Bonchev–Trinajstić information content (AvgIpc) is 2.68. The van der Waals surface area contributed by atoms with Gasteiger partial charge in [-0.25, -0.2) is 4.39 Å². The molecule has 0 aliphatic carbocycles. The van der Waals surface area contributed by atoms with Gasteiger partial charge in [0.1, 0.15) is 5.82 Å². The molecule has 1 aromatic carbocycles. The first-order valence-electron chi connectivity index (χ1n) is 6.87. The minimum Gasteiger partial charge on any atom is -0.265 e. The van der Waals surface area contributed by atoms with E-state index in [9.17, 15) is 4.39 Å². The molecule has 0 radical (unpaired) electrons. The molecule has 20 heavy (non-hydrogen) atoms. The number of aryl methyl sites for hydroxylation is 2. The van der Waals surface area contributed by atoms with Crippen molar-refractivity contribution in [3.05, 3.63) is 52.1 Å². The van der Waals surface area contributed by atoms with Crippen LogP contribution in [0.5, 0.6) is 0 Å². The van der Waals surface area contributed by atoms with Crippen LogP contribution in [0.15, 0.2) is 18.2 Å². The van der Waals surface area contributed by atoms with Crippen LogP contribution >= 0.6 is 11.6 Å². The first kappa shape index (κ1) is 15.0. The summed E-state index contributed by atoms with van der Waals surface area (Å²) < 4.78 is 15.3. The lowest BCUT2D eigenvalue weighted by molar-refractivity contribution is 0.614. The van der Waals surface area contributed by atoms with Gasteiger partial charge >= 0.3 is 0 Å². The molecule has 4 heteroatoms. The molecule has 0 spiro atoms. The Balaban J connectivity index is 2.37. The van der Waals surface area contributed by atoms with E-state index in [-0.39, 0.29) is 11.2 Å². The fourth-order valence-corrected chi connectivity index (χ4v) is 2.81. The van der Waals surface area contributed by atoms with Gasteiger partial charge in [-0.05, 0) is 50.5 Å². The van der Waals surface area contributed by atoms with E-state index in [1.807, 2.05) is 25.5 Å². The third-order valence-electron chi connectivity index (χ3n) is 3.74. The van der Waals surface area contributed by atoms with E-state index in [0.29, 0.717) is 6.54 Å². The number of rotatable bonds is 4. The molecule has 0 fully saturated rings. The zero-order valence-corrected chi connectivity index (χ0v) is 13.1. The predicted molar refractivity (Wildman–Crippen MR) is 80.8 cm³/mol. The van der Waals surface area contributed by atoms with Gasteiger partial charge < -0.3 is 0 Å². The Morgan fingerprint density at radius 2 is 2.00 bits per heavy atom. The molecule has 1 aromatic heterocycles. The molecule has 0 aliphatic rings. The van der Waals surface area contributed by atoms with Crippen molar-refractivity contribution in [2.45, 2.75) is 46.0 Å². The van der Waals surface area contributed by atoms with E-state index in [1.165, 1.54) is 6.07 Å². The maximum Gasteiger partial charge on any atom is 0.123 e. The Bertz CT molecular complexity index is 619. The van der Waals surface area contributed by atoms with Crippen molar-refractivity contribution in [3.63, 3.8) is 0 Å². The second kappa shape index (κ2) is 5.96. The van der Waals surface area contributed by atoms with E-state index in [2.05, 4.69) is 12.0 Å². The van der Waals surface area contributed by atoms with Crippen molar-refractivity contribution < 1.29 is 4.39 Å². The Morgan fingerprint density at radius 1 is 1.30 bits per heavy atom. The maximum atomic E-state index is 13.4. The van der Waals surface area contributed by atoms with Gasteiger partial charge in [0.25, 0.3) is 0 Å². The van der Waals surface area contributed by atoms with Crippen molar-refractivity contribution in [1.82, 2.24) is 9.78 Å². The van der Waals surface area contributed by atoms with Gasteiger partial charge in [0.15, 0.2) is 0 Å². The third kappa shape index (κ3) is 2.88. The minimum atomic E-state index is -0.212.